The van der Waals surface area contributed by atoms with Crippen LogP contribution in [0.2, 0.25) is 0 Å². The topological polar surface area (TPSA) is 87.5 Å². The van der Waals surface area contributed by atoms with E-state index in [4.69, 9.17) is 0 Å². The number of hydrogen-bond donors (Lipinski definition) is 2. The van der Waals surface area contributed by atoms with Crippen LogP contribution >= 0.6 is 0 Å². The number of carbonyl (C=O) groups excluding carboxylic acids is 1. The van der Waals surface area contributed by atoms with Gasteiger partial charge in [0.2, 0.25) is 5.95 Å². The monoisotopic (exact) mass is 437 g/mol. The van der Waals surface area contributed by atoms with Crippen molar-refractivity contribution in [2.24, 2.45) is 0 Å². The number of nitrogens with zero attached hydrogens (tertiary/aromatic N) is 5. The van der Waals surface area contributed by atoms with E-state index in [0.717, 1.165) is 24.5 Å². The van der Waals surface area contributed by atoms with Crippen molar-refractivity contribution >= 4 is 29.1 Å². The third kappa shape index (κ3) is 4.51. The third-order valence-electron chi connectivity index (χ3n) is 6.30. The van der Waals surface area contributed by atoms with Crippen LogP contribution in [0.5, 0.6) is 0 Å². The lowest BCUT2D eigenvalue weighted by atomic mass is 9.95. The lowest BCUT2D eigenvalue weighted by molar-refractivity contribution is 0.102. The van der Waals surface area contributed by atoms with Gasteiger partial charge >= 0.3 is 0 Å². The molecular formula is C23H28FN7O. The fraction of sp³-hybridized carbons (Fsp3) is 0.478. The summed E-state index contributed by atoms with van der Waals surface area (Å²) in [6.45, 7) is 1.28. The number of alkyl halides is 1. The molecule has 2 fully saturated rings. The van der Waals surface area contributed by atoms with Crippen molar-refractivity contribution in [3.63, 3.8) is 0 Å². The van der Waals surface area contributed by atoms with Crippen molar-refractivity contribution in [3.8, 4) is 0 Å². The van der Waals surface area contributed by atoms with Gasteiger partial charge in [0.05, 0.1) is 5.56 Å². The molecule has 3 aromatic heterocycles. The average molecular weight is 438 g/mol. The van der Waals surface area contributed by atoms with E-state index >= 15 is 0 Å². The fourth-order valence-corrected chi connectivity index (χ4v) is 4.48. The normalized spacial score (nSPS) is 18.1. The molecule has 1 amide bonds. The number of anilines is 3. The molecule has 5 rings (SSSR count). The Morgan fingerprint density at radius 1 is 1.03 bits per heavy atom. The summed E-state index contributed by atoms with van der Waals surface area (Å²) in [4.78, 5) is 23.6. The molecule has 0 atom stereocenters. The predicted octanol–water partition coefficient (Wildman–Crippen LogP) is 4.06. The number of aromatic nitrogens is 4. The summed E-state index contributed by atoms with van der Waals surface area (Å²) in [5.41, 5.74) is 1.10. The van der Waals surface area contributed by atoms with Crippen LogP contribution in [-0.4, -0.2) is 50.8 Å². The Morgan fingerprint density at radius 2 is 1.84 bits per heavy atom. The molecule has 9 heteroatoms. The van der Waals surface area contributed by atoms with Gasteiger partial charge in [0, 0.05) is 25.3 Å². The quantitative estimate of drug-likeness (QED) is 0.626. The highest BCUT2D eigenvalue weighted by molar-refractivity contribution is 6.03. The number of pyridine rings is 2. The standard InChI is InChI=1S/C23H28FN7O/c24-17-11-13-30(14-12-17)19-10-9-16(15-25-19)22(32)28-23-27-21-8-4-7-20(31(21)29-23)26-18-5-2-1-3-6-18/h4,7-10,15,17-18,26H,1-3,5-6,11-14H2,(H,28,29,32). The Kier molecular flexibility index (Phi) is 5.87. The van der Waals surface area contributed by atoms with Gasteiger partial charge in [0.25, 0.3) is 5.91 Å². The summed E-state index contributed by atoms with van der Waals surface area (Å²) < 4.78 is 15.1. The fourth-order valence-electron chi connectivity index (χ4n) is 4.48. The van der Waals surface area contributed by atoms with E-state index in [9.17, 15) is 9.18 Å². The molecule has 4 heterocycles. The molecule has 32 heavy (non-hydrogen) atoms. The first-order valence-electron chi connectivity index (χ1n) is 11.4. The lowest BCUT2D eigenvalue weighted by Crippen LogP contribution is -2.34. The molecule has 3 aromatic rings. The average Bonchev–Trinajstić information content (AvgIpc) is 3.24. The maximum Gasteiger partial charge on any atom is 0.259 e. The first-order chi connectivity index (χ1) is 15.7. The number of rotatable bonds is 5. The molecule has 0 bridgehead atoms. The van der Waals surface area contributed by atoms with Crippen molar-refractivity contribution < 1.29 is 9.18 Å². The minimum absolute atomic E-state index is 0.252. The molecule has 1 aliphatic carbocycles. The van der Waals surface area contributed by atoms with E-state index < -0.39 is 6.17 Å². The van der Waals surface area contributed by atoms with Crippen LogP contribution in [0.1, 0.15) is 55.3 Å². The molecule has 8 nitrogen and oxygen atoms in total. The number of hydrogen-bond acceptors (Lipinski definition) is 6. The van der Waals surface area contributed by atoms with E-state index in [2.05, 4.69) is 25.7 Å². The third-order valence-corrected chi connectivity index (χ3v) is 6.30. The minimum atomic E-state index is -0.729. The summed E-state index contributed by atoms with van der Waals surface area (Å²) in [6, 6.07) is 9.76. The molecule has 1 aliphatic heterocycles. The lowest BCUT2D eigenvalue weighted by Gasteiger charge is -2.29. The maximum atomic E-state index is 13.4. The maximum absolute atomic E-state index is 13.4. The van der Waals surface area contributed by atoms with Gasteiger partial charge in [-0.05, 0) is 49.9 Å². The SMILES string of the molecule is O=C(Nc1nc2cccc(NC3CCCCC3)n2n1)c1ccc(N2CCC(F)CC2)nc1. The zero-order chi connectivity index (χ0) is 21.9. The van der Waals surface area contributed by atoms with Crippen LogP contribution in [-0.2, 0) is 0 Å². The van der Waals surface area contributed by atoms with Crippen molar-refractivity contribution in [1.82, 2.24) is 19.6 Å². The Hall–Kier alpha value is -3.23. The molecule has 2 aliphatic rings. The summed E-state index contributed by atoms with van der Waals surface area (Å²) >= 11 is 0. The van der Waals surface area contributed by atoms with E-state index in [1.165, 1.54) is 25.5 Å². The van der Waals surface area contributed by atoms with Gasteiger partial charge in [-0.3, -0.25) is 10.1 Å². The van der Waals surface area contributed by atoms with E-state index in [1.54, 1.807) is 16.6 Å². The zero-order valence-electron chi connectivity index (χ0n) is 18.0. The Balaban J connectivity index is 1.27. The van der Waals surface area contributed by atoms with Gasteiger partial charge in [-0.2, -0.15) is 9.50 Å². The van der Waals surface area contributed by atoms with Gasteiger partial charge in [-0.1, -0.05) is 25.3 Å². The number of piperidine rings is 1. The number of halogens is 1. The summed E-state index contributed by atoms with van der Waals surface area (Å²) in [5.74, 6) is 1.58. The minimum Gasteiger partial charge on any atom is -0.367 e. The highest BCUT2D eigenvalue weighted by Gasteiger charge is 2.20. The van der Waals surface area contributed by atoms with Crippen molar-refractivity contribution in [2.45, 2.75) is 57.2 Å². The molecule has 0 radical (unpaired) electrons. The van der Waals surface area contributed by atoms with Crippen LogP contribution in [0.15, 0.2) is 36.5 Å². The Bertz CT molecular complexity index is 1070. The second-order valence-corrected chi connectivity index (χ2v) is 8.62. The van der Waals surface area contributed by atoms with Crippen molar-refractivity contribution in [2.75, 3.05) is 28.6 Å². The highest BCUT2D eigenvalue weighted by atomic mass is 19.1. The largest absolute Gasteiger partial charge is 0.367 e. The van der Waals surface area contributed by atoms with Gasteiger partial charge in [0.15, 0.2) is 5.65 Å². The molecule has 0 aromatic carbocycles. The summed E-state index contributed by atoms with van der Waals surface area (Å²) in [7, 11) is 0. The first-order valence-corrected chi connectivity index (χ1v) is 11.4. The number of fused-ring (bicyclic) bond motifs is 1. The number of amides is 1. The first kappa shape index (κ1) is 20.7. The number of nitrogens with one attached hydrogen (secondary N) is 2. The van der Waals surface area contributed by atoms with Crippen LogP contribution in [0, 0.1) is 0 Å². The molecule has 0 unspecified atom stereocenters. The van der Waals surface area contributed by atoms with Gasteiger partial charge in [0.1, 0.15) is 17.8 Å². The van der Waals surface area contributed by atoms with Crippen LogP contribution in [0.3, 0.4) is 0 Å². The van der Waals surface area contributed by atoms with Gasteiger partial charge < -0.3 is 10.2 Å². The smallest absolute Gasteiger partial charge is 0.259 e. The molecule has 168 valence electrons. The summed E-state index contributed by atoms with van der Waals surface area (Å²) in [6.07, 6.45) is 7.94. The molecule has 2 N–H and O–H groups in total. The Morgan fingerprint density at radius 3 is 2.59 bits per heavy atom. The van der Waals surface area contributed by atoms with Gasteiger partial charge in [-0.15, -0.1) is 5.10 Å². The van der Waals surface area contributed by atoms with Crippen LogP contribution < -0.4 is 15.5 Å². The predicted molar refractivity (Wildman–Crippen MR) is 122 cm³/mol. The van der Waals surface area contributed by atoms with Gasteiger partial charge in [-0.25, -0.2) is 9.37 Å². The van der Waals surface area contributed by atoms with Crippen LogP contribution in [0.25, 0.3) is 5.65 Å². The molecule has 1 saturated carbocycles. The van der Waals surface area contributed by atoms with E-state index in [1.807, 2.05) is 23.1 Å². The second kappa shape index (κ2) is 9.10. The molecular weight excluding hydrogens is 409 g/mol. The zero-order valence-corrected chi connectivity index (χ0v) is 18.0. The van der Waals surface area contributed by atoms with E-state index in [-0.39, 0.29) is 11.9 Å². The molecule has 1 saturated heterocycles. The van der Waals surface area contributed by atoms with Crippen molar-refractivity contribution in [1.29, 1.82) is 0 Å². The second-order valence-electron chi connectivity index (χ2n) is 8.62. The number of carbonyl (C=O) groups is 1. The summed E-state index contributed by atoms with van der Waals surface area (Å²) in [5, 5.41) is 10.8. The van der Waals surface area contributed by atoms with Crippen LogP contribution in [0.4, 0.5) is 22.0 Å². The van der Waals surface area contributed by atoms with E-state index in [0.29, 0.717) is 43.2 Å². The Labute approximate surface area is 186 Å². The molecule has 0 spiro atoms. The highest BCUT2D eigenvalue weighted by Crippen LogP contribution is 2.23. The van der Waals surface area contributed by atoms with Crippen molar-refractivity contribution in [3.05, 3.63) is 42.1 Å².